The predicted molar refractivity (Wildman–Crippen MR) is 98.9 cm³/mol. The molecule has 0 bridgehead atoms. The van der Waals surface area contributed by atoms with E-state index in [9.17, 15) is 9.90 Å². The van der Waals surface area contributed by atoms with Gasteiger partial charge in [-0.3, -0.25) is 9.69 Å². The van der Waals surface area contributed by atoms with Crippen LogP contribution in [0.1, 0.15) is 18.5 Å². The minimum absolute atomic E-state index is 0.184. The molecule has 2 heterocycles. The number of carboxylic acid groups (broad SMARTS) is 1. The van der Waals surface area contributed by atoms with Crippen molar-refractivity contribution in [1.29, 1.82) is 0 Å². The fourth-order valence-corrected chi connectivity index (χ4v) is 3.78. The average Bonchev–Trinajstić information content (AvgIpc) is 3.00. The molecule has 0 atom stereocenters. The Morgan fingerprint density at radius 1 is 1.00 bits per heavy atom. The van der Waals surface area contributed by atoms with Gasteiger partial charge in [-0.25, -0.2) is 0 Å². The second-order valence-electron chi connectivity index (χ2n) is 6.75. The molecule has 1 N–H and O–H groups in total. The SMILES string of the molecule is O=C(O)C1CCN(Cc2cc3ccccc3n2-c2ccccc2)CC1. The van der Waals surface area contributed by atoms with Gasteiger partial charge < -0.3 is 9.67 Å². The number of aromatic nitrogens is 1. The lowest BCUT2D eigenvalue weighted by atomic mass is 9.97. The van der Waals surface area contributed by atoms with Gasteiger partial charge in [0.1, 0.15) is 0 Å². The molecule has 1 aliphatic heterocycles. The summed E-state index contributed by atoms with van der Waals surface area (Å²) in [7, 11) is 0. The van der Waals surface area contributed by atoms with Crippen molar-refractivity contribution in [1.82, 2.24) is 9.47 Å². The van der Waals surface area contributed by atoms with Crippen molar-refractivity contribution in [3.8, 4) is 5.69 Å². The molecule has 4 nitrogen and oxygen atoms in total. The zero-order chi connectivity index (χ0) is 17.2. The summed E-state index contributed by atoms with van der Waals surface area (Å²) in [4.78, 5) is 13.5. The first-order valence-electron chi connectivity index (χ1n) is 8.82. The molecule has 1 aliphatic rings. The summed E-state index contributed by atoms with van der Waals surface area (Å²) < 4.78 is 2.32. The second-order valence-corrected chi connectivity index (χ2v) is 6.75. The van der Waals surface area contributed by atoms with Gasteiger partial charge in [0.15, 0.2) is 0 Å². The van der Waals surface area contributed by atoms with Crippen LogP contribution in [0.2, 0.25) is 0 Å². The molecule has 1 saturated heterocycles. The van der Waals surface area contributed by atoms with E-state index in [0.717, 1.165) is 32.5 Å². The van der Waals surface area contributed by atoms with Crippen molar-refractivity contribution >= 4 is 16.9 Å². The van der Waals surface area contributed by atoms with E-state index in [4.69, 9.17) is 0 Å². The Morgan fingerprint density at radius 2 is 1.68 bits per heavy atom. The number of rotatable bonds is 4. The zero-order valence-corrected chi connectivity index (χ0v) is 14.1. The fourth-order valence-electron chi connectivity index (χ4n) is 3.78. The molecular weight excluding hydrogens is 312 g/mol. The van der Waals surface area contributed by atoms with Crippen LogP contribution >= 0.6 is 0 Å². The van der Waals surface area contributed by atoms with E-state index in [1.54, 1.807) is 0 Å². The first-order valence-corrected chi connectivity index (χ1v) is 8.82. The van der Waals surface area contributed by atoms with E-state index in [1.165, 1.54) is 22.3 Å². The highest BCUT2D eigenvalue weighted by Gasteiger charge is 2.25. The number of hydrogen-bond donors (Lipinski definition) is 1. The van der Waals surface area contributed by atoms with Gasteiger partial charge in [0, 0.05) is 23.3 Å². The summed E-state index contributed by atoms with van der Waals surface area (Å²) in [6, 6.07) is 21.1. The van der Waals surface area contributed by atoms with Crippen LogP contribution in [0.25, 0.3) is 16.6 Å². The lowest BCUT2D eigenvalue weighted by Crippen LogP contribution is -2.36. The molecule has 0 unspecified atom stereocenters. The Balaban J connectivity index is 1.65. The number of likely N-dealkylation sites (tertiary alicyclic amines) is 1. The summed E-state index contributed by atoms with van der Waals surface area (Å²) in [6.07, 6.45) is 1.47. The van der Waals surface area contributed by atoms with Crippen LogP contribution in [0.5, 0.6) is 0 Å². The molecule has 128 valence electrons. The number of aliphatic carboxylic acids is 1. The topological polar surface area (TPSA) is 45.5 Å². The van der Waals surface area contributed by atoms with Crippen LogP contribution in [-0.4, -0.2) is 33.6 Å². The summed E-state index contributed by atoms with van der Waals surface area (Å²) in [6.45, 7) is 2.52. The fraction of sp³-hybridized carbons (Fsp3) is 0.286. The van der Waals surface area contributed by atoms with E-state index < -0.39 is 5.97 Å². The Hall–Kier alpha value is -2.59. The van der Waals surface area contributed by atoms with E-state index in [0.29, 0.717) is 0 Å². The highest BCUT2D eigenvalue weighted by molar-refractivity contribution is 5.83. The number of piperidine rings is 1. The van der Waals surface area contributed by atoms with Crippen LogP contribution < -0.4 is 0 Å². The molecule has 0 saturated carbocycles. The van der Waals surface area contributed by atoms with Gasteiger partial charge in [-0.1, -0.05) is 36.4 Å². The van der Waals surface area contributed by atoms with Crippen molar-refractivity contribution in [2.75, 3.05) is 13.1 Å². The number of carboxylic acids is 1. The van der Waals surface area contributed by atoms with Crippen molar-refractivity contribution in [3.05, 3.63) is 66.4 Å². The maximum absolute atomic E-state index is 11.2. The molecular formula is C21H22N2O2. The van der Waals surface area contributed by atoms with Gasteiger partial charge in [-0.15, -0.1) is 0 Å². The largest absolute Gasteiger partial charge is 0.481 e. The molecule has 4 rings (SSSR count). The van der Waals surface area contributed by atoms with Crippen LogP contribution in [0.3, 0.4) is 0 Å². The highest BCUT2D eigenvalue weighted by Crippen LogP contribution is 2.27. The molecule has 0 spiro atoms. The van der Waals surface area contributed by atoms with Gasteiger partial charge in [0.25, 0.3) is 0 Å². The highest BCUT2D eigenvalue weighted by atomic mass is 16.4. The summed E-state index contributed by atoms with van der Waals surface area (Å²) in [5.74, 6) is -0.839. The van der Waals surface area contributed by atoms with E-state index in [2.05, 4.69) is 64.1 Å². The first-order chi connectivity index (χ1) is 12.2. The monoisotopic (exact) mass is 334 g/mol. The molecule has 0 amide bonds. The number of fused-ring (bicyclic) bond motifs is 1. The van der Waals surface area contributed by atoms with Gasteiger partial charge in [-0.2, -0.15) is 0 Å². The van der Waals surface area contributed by atoms with E-state index in [-0.39, 0.29) is 5.92 Å². The van der Waals surface area contributed by atoms with Gasteiger partial charge in [0.2, 0.25) is 0 Å². The van der Waals surface area contributed by atoms with E-state index >= 15 is 0 Å². The first kappa shape index (κ1) is 15.9. The normalized spacial score (nSPS) is 16.3. The summed E-state index contributed by atoms with van der Waals surface area (Å²) >= 11 is 0. The Morgan fingerprint density at radius 3 is 2.40 bits per heavy atom. The molecule has 25 heavy (non-hydrogen) atoms. The number of carbonyl (C=O) groups is 1. The van der Waals surface area contributed by atoms with Crippen molar-refractivity contribution in [3.63, 3.8) is 0 Å². The third-order valence-electron chi connectivity index (χ3n) is 5.12. The minimum atomic E-state index is -0.655. The molecule has 3 aromatic rings. The molecule has 0 aliphatic carbocycles. The average molecular weight is 334 g/mol. The smallest absolute Gasteiger partial charge is 0.306 e. The van der Waals surface area contributed by atoms with Crippen molar-refractivity contribution in [2.24, 2.45) is 5.92 Å². The maximum atomic E-state index is 11.2. The van der Waals surface area contributed by atoms with Crippen LogP contribution in [0.15, 0.2) is 60.7 Å². The van der Waals surface area contributed by atoms with Gasteiger partial charge in [0.05, 0.1) is 11.4 Å². The standard InChI is InChI=1S/C21H22N2O2/c24-21(25)16-10-12-22(13-11-16)15-19-14-17-6-4-5-9-20(17)23(19)18-7-2-1-3-8-18/h1-9,14,16H,10-13,15H2,(H,24,25). The van der Waals surface area contributed by atoms with Gasteiger partial charge >= 0.3 is 5.97 Å². The third-order valence-corrected chi connectivity index (χ3v) is 5.12. The lowest BCUT2D eigenvalue weighted by molar-refractivity contribution is -0.143. The molecule has 1 fully saturated rings. The maximum Gasteiger partial charge on any atom is 0.306 e. The number of nitrogens with zero attached hydrogens (tertiary/aromatic N) is 2. The molecule has 2 aromatic carbocycles. The number of hydrogen-bond acceptors (Lipinski definition) is 2. The predicted octanol–water partition coefficient (Wildman–Crippen LogP) is 3.93. The van der Waals surface area contributed by atoms with Crippen molar-refractivity contribution < 1.29 is 9.90 Å². The Labute approximate surface area is 147 Å². The second kappa shape index (κ2) is 6.73. The summed E-state index contributed by atoms with van der Waals surface area (Å²) in [5, 5.41) is 10.4. The summed E-state index contributed by atoms with van der Waals surface area (Å²) in [5.41, 5.74) is 3.63. The van der Waals surface area contributed by atoms with Crippen LogP contribution in [0, 0.1) is 5.92 Å². The number of para-hydroxylation sites is 2. The van der Waals surface area contributed by atoms with Crippen molar-refractivity contribution in [2.45, 2.75) is 19.4 Å². The number of benzene rings is 2. The Kier molecular flexibility index (Phi) is 4.28. The minimum Gasteiger partial charge on any atom is -0.481 e. The van der Waals surface area contributed by atoms with Crippen LogP contribution in [0.4, 0.5) is 0 Å². The Bertz CT molecular complexity index is 877. The van der Waals surface area contributed by atoms with E-state index in [1.807, 2.05) is 6.07 Å². The van der Waals surface area contributed by atoms with Crippen LogP contribution in [-0.2, 0) is 11.3 Å². The van der Waals surface area contributed by atoms with Gasteiger partial charge in [-0.05, 0) is 50.2 Å². The lowest BCUT2D eigenvalue weighted by Gasteiger charge is -2.30. The third kappa shape index (κ3) is 3.17. The molecule has 4 heteroatoms. The quantitative estimate of drug-likeness (QED) is 0.786. The molecule has 0 radical (unpaired) electrons. The molecule has 1 aromatic heterocycles. The zero-order valence-electron chi connectivity index (χ0n) is 14.1.